The maximum Gasteiger partial charge on any atom is 0.305 e. The van der Waals surface area contributed by atoms with Crippen molar-refractivity contribution < 1.29 is 14.6 Å². The summed E-state index contributed by atoms with van der Waals surface area (Å²) in [5, 5.41) is 16.6. The number of carboxylic acid groups (broad SMARTS) is 1. The topological polar surface area (TPSA) is 77.2 Å². The van der Waals surface area contributed by atoms with Gasteiger partial charge in [-0.2, -0.15) is 0 Å². The van der Waals surface area contributed by atoms with E-state index in [0.29, 0.717) is 26.1 Å². The predicted molar refractivity (Wildman–Crippen MR) is 50.3 cm³/mol. The number of carbonyl (C=O) groups is 1. The van der Waals surface area contributed by atoms with Crippen LogP contribution in [0.25, 0.3) is 0 Å². The van der Waals surface area contributed by atoms with E-state index in [1.165, 1.54) is 0 Å². The average molecular weight is 211 g/mol. The Balaban J connectivity index is 2.25. The molecule has 1 aliphatic rings. The zero-order valence-electron chi connectivity index (χ0n) is 8.30. The lowest BCUT2D eigenvalue weighted by Crippen LogP contribution is -2.41. The molecule has 0 aliphatic carbocycles. The summed E-state index contributed by atoms with van der Waals surface area (Å²) in [6.07, 6.45) is 4.69. The SMILES string of the molecule is O=C(O)CC1(n2ccnn2)CCOCC1. The number of aromatic nitrogens is 3. The zero-order chi connectivity index (χ0) is 10.7. The fourth-order valence-electron chi connectivity index (χ4n) is 1.98. The minimum absolute atomic E-state index is 0.0692. The summed E-state index contributed by atoms with van der Waals surface area (Å²) in [5.41, 5.74) is -0.458. The van der Waals surface area contributed by atoms with Crippen molar-refractivity contribution >= 4 is 5.97 Å². The van der Waals surface area contributed by atoms with Crippen molar-refractivity contribution in [3.8, 4) is 0 Å². The molecule has 1 aromatic heterocycles. The smallest absolute Gasteiger partial charge is 0.305 e. The molecule has 1 aromatic rings. The van der Waals surface area contributed by atoms with Crippen LogP contribution in [-0.4, -0.2) is 39.3 Å². The molecule has 0 aromatic carbocycles. The minimum Gasteiger partial charge on any atom is -0.481 e. The highest BCUT2D eigenvalue weighted by Gasteiger charge is 2.37. The first-order valence-electron chi connectivity index (χ1n) is 4.89. The Kier molecular flexibility index (Phi) is 2.68. The summed E-state index contributed by atoms with van der Waals surface area (Å²) in [6, 6.07) is 0. The first-order valence-corrected chi connectivity index (χ1v) is 4.89. The normalized spacial score (nSPS) is 20.0. The Bertz CT molecular complexity index is 330. The Morgan fingerprint density at radius 3 is 2.80 bits per heavy atom. The van der Waals surface area contributed by atoms with E-state index in [1.807, 2.05) is 0 Å². The van der Waals surface area contributed by atoms with Gasteiger partial charge in [0.1, 0.15) is 0 Å². The van der Waals surface area contributed by atoms with Crippen LogP contribution in [0.3, 0.4) is 0 Å². The van der Waals surface area contributed by atoms with Crippen LogP contribution in [-0.2, 0) is 15.1 Å². The molecule has 82 valence electrons. The molecule has 0 amide bonds. The van der Waals surface area contributed by atoms with E-state index < -0.39 is 11.5 Å². The lowest BCUT2D eigenvalue weighted by molar-refractivity contribution is -0.141. The molecule has 1 N–H and O–H groups in total. The van der Waals surface area contributed by atoms with Crippen LogP contribution in [0.4, 0.5) is 0 Å². The second kappa shape index (κ2) is 3.98. The van der Waals surface area contributed by atoms with Gasteiger partial charge in [-0.25, -0.2) is 4.68 Å². The Morgan fingerprint density at radius 1 is 1.53 bits per heavy atom. The molecule has 6 nitrogen and oxygen atoms in total. The molecule has 2 rings (SSSR count). The van der Waals surface area contributed by atoms with E-state index in [-0.39, 0.29) is 6.42 Å². The monoisotopic (exact) mass is 211 g/mol. The first-order chi connectivity index (χ1) is 7.23. The third kappa shape index (κ3) is 1.99. The number of carboxylic acids is 1. The van der Waals surface area contributed by atoms with Gasteiger partial charge in [-0.1, -0.05) is 5.21 Å². The fraction of sp³-hybridized carbons (Fsp3) is 0.667. The molecule has 0 unspecified atom stereocenters. The Hall–Kier alpha value is -1.43. The van der Waals surface area contributed by atoms with E-state index in [2.05, 4.69) is 10.3 Å². The second-order valence-electron chi connectivity index (χ2n) is 3.75. The number of aliphatic carboxylic acids is 1. The van der Waals surface area contributed by atoms with Gasteiger partial charge in [0.25, 0.3) is 0 Å². The van der Waals surface area contributed by atoms with Crippen molar-refractivity contribution in [1.82, 2.24) is 15.0 Å². The third-order valence-corrected chi connectivity index (χ3v) is 2.81. The van der Waals surface area contributed by atoms with E-state index in [1.54, 1.807) is 17.1 Å². The van der Waals surface area contributed by atoms with Crippen molar-refractivity contribution in [3.63, 3.8) is 0 Å². The molecule has 1 aliphatic heterocycles. The van der Waals surface area contributed by atoms with Gasteiger partial charge in [-0.05, 0) is 12.8 Å². The Labute approximate surface area is 86.8 Å². The highest BCUT2D eigenvalue weighted by Crippen LogP contribution is 2.31. The van der Waals surface area contributed by atoms with Crippen LogP contribution >= 0.6 is 0 Å². The molecule has 0 bridgehead atoms. The van der Waals surface area contributed by atoms with Crippen molar-refractivity contribution in [2.24, 2.45) is 0 Å². The van der Waals surface area contributed by atoms with Crippen LogP contribution in [0.5, 0.6) is 0 Å². The fourth-order valence-corrected chi connectivity index (χ4v) is 1.98. The number of hydrogen-bond acceptors (Lipinski definition) is 4. The van der Waals surface area contributed by atoms with Crippen molar-refractivity contribution in [2.75, 3.05) is 13.2 Å². The molecule has 0 saturated carbocycles. The Morgan fingerprint density at radius 2 is 2.27 bits per heavy atom. The molecule has 0 spiro atoms. The maximum absolute atomic E-state index is 10.9. The van der Waals surface area contributed by atoms with E-state index in [0.717, 1.165) is 0 Å². The molecular weight excluding hydrogens is 198 g/mol. The summed E-state index contributed by atoms with van der Waals surface area (Å²) >= 11 is 0. The summed E-state index contributed by atoms with van der Waals surface area (Å²) in [6.45, 7) is 1.15. The van der Waals surface area contributed by atoms with Crippen LogP contribution in [0, 0.1) is 0 Å². The van der Waals surface area contributed by atoms with Gasteiger partial charge in [0, 0.05) is 19.4 Å². The van der Waals surface area contributed by atoms with Gasteiger partial charge < -0.3 is 9.84 Å². The molecular formula is C9H13N3O3. The van der Waals surface area contributed by atoms with Crippen LogP contribution in [0.15, 0.2) is 12.4 Å². The zero-order valence-corrected chi connectivity index (χ0v) is 8.30. The molecule has 1 fully saturated rings. The predicted octanol–water partition coefficient (Wildman–Crippen LogP) is 0.258. The van der Waals surface area contributed by atoms with E-state index in [9.17, 15) is 4.79 Å². The second-order valence-corrected chi connectivity index (χ2v) is 3.75. The minimum atomic E-state index is -0.813. The van der Waals surface area contributed by atoms with Crippen molar-refractivity contribution in [2.45, 2.75) is 24.8 Å². The van der Waals surface area contributed by atoms with Crippen molar-refractivity contribution in [1.29, 1.82) is 0 Å². The van der Waals surface area contributed by atoms with Gasteiger partial charge in [-0.15, -0.1) is 5.10 Å². The molecule has 1 saturated heterocycles. The quantitative estimate of drug-likeness (QED) is 0.775. The summed E-state index contributed by atoms with van der Waals surface area (Å²) in [5.74, 6) is -0.813. The maximum atomic E-state index is 10.9. The summed E-state index contributed by atoms with van der Waals surface area (Å²) in [7, 11) is 0. The number of nitrogens with zero attached hydrogens (tertiary/aromatic N) is 3. The highest BCUT2D eigenvalue weighted by atomic mass is 16.5. The van der Waals surface area contributed by atoms with Gasteiger partial charge in [0.2, 0.25) is 0 Å². The third-order valence-electron chi connectivity index (χ3n) is 2.81. The van der Waals surface area contributed by atoms with Crippen LogP contribution in [0.2, 0.25) is 0 Å². The van der Waals surface area contributed by atoms with Gasteiger partial charge in [-0.3, -0.25) is 4.79 Å². The molecule has 2 heterocycles. The van der Waals surface area contributed by atoms with E-state index >= 15 is 0 Å². The molecule has 0 atom stereocenters. The summed E-state index contributed by atoms with van der Waals surface area (Å²) in [4.78, 5) is 10.9. The number of ether oxygens (including phenoxy) is 1. The van der Waals surface area contributed by atoms with Crippen molar-refractivity contribution in [3.05, 3.63) is 12.4 Å². The standard InChI is InChI=1S/C9H13N3O3/c13-8(14)7-9(1-5-15-6-2-9)12-4-3-10-11-12/h3-4H,1-2,5-7H2,(H,13,14). The van der Waals surface area contributed by atoms with Gasteiger partial charge in [0.15, 0.2) is 0 Å². The highest BCUT2D eigenvalue weighted by molar-refractivity contribution is 5.68. The van der Waals surface area contributed by atoms with Gasteiger partial charge in [0.05, 0.1) is 18.2 Å². The molecule has 6 heteroatoms. The van der Waals surface area contributed by atoms with Gasteiger partial charge >= 0.3 is 5.97 Å². The average Bonchev–Trinajstić information content (AvgIpc) is 2.71. The molecule has 15 heavy (non-hydrogen) atoms. The largest absolute Gasteiger partial charge is 0.481 e. The lowest BCUT2D eigenvalue weighted by Gasteiger charge is -2.35. The lowest BCUT2D eigenvalue weighted by atomic mass is 9.87. The number of hydrogen-bond donors (Lipinski definition) is 1. The van der Waals surface area contributed by atoms with Crippen LogP contribution in [0.1, 0.15) is 19.3 Å². The molecule has 0 radical (unpaired) electrons. The van der Waals surface area contributed by atoms with E-state index in [4.69, 9.17) is 9.84 Å². The summed E-state index contributed by atoms with van der Waals surface area (Å²) < 4.78 is 6.91. The van der Waals surface area contributed by atoms with Crippen LogP contribution < -0.4 is 0 Å². The number of rotatable bonds is 3. The first kappa shape index (κ1) is 10.1.